The molecular formula is C20H19NO2S2. The van der Waals surface area contributed by atoms with Gasteiger partial charge in [-0.1, -0.05) is 18.2 Å². The van der Waals surface area contributed by atoms with Gasteiger partial charge in [-0.25, -0.2) is 0 Å². The van der Waals surface area contributed by atoms with E-state index in [1.165, 1.54) is 4.90 Å². The lowest BCUT2D eigenvalue weighted by Crippen LogP contribution is -2.27. The second kappa shape index (κ2) is 8.74. The van der Waals surface area contributed by atoms with Crippen molar-refractivity contribution in [2.24, 2.45) is 0 Å². The van der Waals surface area contributed by atoms with Crippen LogP contribution in [0.25, 0.3) is 6.08 Å². The van der Waals surface area contributed by atoms with Gasteiger partial charge in [0.2, 0.25) is 5.91 Å². The molecule has 0 atom stereocenters. The van der Waals surface area contributed by atoms with E-state index in [0.29, 0.717) is 13.1 Å². The predicted molar refractivity (Wildman–Crippen MR) is 105 cm³/mol. The van der Waals surface area contributed by atoms with Crippen molar-refractivity contribution < 1.29 is 9.21 Å². The zero-order chi connectivity index (χ0) is 17.5. The third-order valence-electron chi connectivity index (χ3n) is 3.73. The zero-order valence-electron chi connectivity index (χ0n) is 13.9. The molecule has 1 aromatic carbocycles. The van der Waals surface area contributed by atoms with Crippen molar-refractivity contribution in [2.45, 2.75) is 18.0 Å². The molecule has 0 saturated heterocycles. The summed E-state index contributed by atoms with van der Waals surface area (Å²) in [6, 6.07) is 14.1. The van der Waals surface area contributed by atoms with Gasteiger partial charge < -0.3 is 9.32 Å². The molecule has 1 amide bonds. The maximum atomic E-state index is 12.7. The topological polar surface area (TPSA) is 33.5 Å². The van der Waals surface area contributed by atoms with Gasteiger partial charge in [0.05, 0.1) is 19.1 Å². The number of carbonyl (C=O) groups excluding carboxylic acids is 1. The van der Waals surface area contributed by atoms with Crippen LogP contribution in [0.2, 0.25) is 0 Å². The van der Waals surface area contributed by atoms with Crippen LogP contribution in [0.4, 0.5) is 0 Å². The number of rotatable bonds is 7. The van der Waals surface area contributed by atoms with Crippen LogP contribution < -0.4 is 0 Å². The van der Waals surface area contributed by atoms with Crippen molar-refractivity contribution in [1.82, 2.24) is 4.90 Å². The Kier molecular flexibility index (Phi) is 6.14. The van der Waals surface area contributed by atoms with Gasteiger partial charge in [-0.2, -0.15) is 0 Å². The molecule has 128 valence electrons. The monoisotopic (exact) mass is 369 g/mol. The number of thioether (sulfide) groups is 1. The van der Waals surface area contributed by atoms with Crippen LogP contribution in [0.15, 0.2) is 75.8 Å². The number of benzene rings is 1. The molecule has 5 heteroatoms. The molecule has 3 aromatic rings. The van der Waals surface area contributed by atoms with Crippen LogP contribution in [0, 0.1) is 0 Å². The zero-order valence-corrected chi connectivity index (χ0v) is 15.6. The lowest BCUT2D eigenvalue weighted by atomic mass is 10.2. The number of nitrogens with zero attached hydrogens (tertiary/aromatic N) is 1. The Hall–Kier alpha value is -2.24. The molecular weight excluding hydrogens is 350 g/mol. The van der Waals surface area contributed by atoms with Gasteiger partial charge in [-0.05, 0) is 47.5 Å². The maximum absolute atomic E-state index is 12.7. The standard InChI is InChI=1S/C20H19NO2S2/c1-24-18-7-4-16(5-8-18)6-9-20(22)21(13-17-10-11-23-15-17)14-19-3-2-12-25-19/h2-12,15H,13-14H2,1H3. The summed E-state index contributed by atoms with van der Waals surface area (Å²) in [6.45, 7) is 1.13. The minimum atomic E-state index is -0.0106. The summed E-state index contributed by atoms with van der Waals surface area (Å²) in [6.07, 6.45) is 8.86. The van der Waals surface area contributed by atoms with Gasteiger partial charge in [-0.3, -0.25) is 4.79 Å². The van der Waals surface area contributed by atoms with Crippen molar-refractivity contribution >= 4 is 35.1 Å². The Balaban J connectivity index is 1.71. The number of thiophene rings is 1. The first-order chi connectivity index (χ1) is 12.2. The largest absolute Gasteiger partial charge is 0.472 e. The molecule has 0 spiro atoms. The summed E-state index contributed by atoms with van der Waals surface area (Å²) in [5.41, 5.74) is 2.01. The van der Waals surface area contributed by atoms with Gasteiger partial charge in [0.15, 0.2) is 0 Å². The Labute approximate surface area is 156 Å². The van der Waals surface area contributed by atoms with E-state index in [4.69, 9.17) is 4.42 Å². The number of amides is 1. The molecule has 0 aliphatic carbocycles. The molecule has 0 bridgehead atoms. The number of hydrogen-bond donors (Lipinski definition) is 0. The molecule has 0 aliphatic rings. The summed E-state index contributed by atoms with van der Waals surface area (Å²) in [4.78, 5) is 16.9. The fraction of sp³-hybridized carbons (Fsp3) is 0.150. The molecule has 0 N–H and O–H groups in total. The highest BCUT2D eigenvalue weighted by molar-refractivity contribution is 7.98. The van der Waals surface area contributed by atoms with Gasteiger partial charge in [0.25, 0.3) is 0 Å². The fourth-order valence-corrected chi connectivity index (χ4v) is 3.52. The molecule has 25 heavy (non-hydrogen) atoms. The fourth-order valence-electron chi connectivity index (χ4n) is 2.39. The van der Waals surface area contributed by atoms with E-state index < -0.39 is 0 Å². The second-order valence-electron chi connectivity index (χ2n) is 5.51. The van der Waals surface area contributed by atoms with Gasteiger partial charge in [-0.15, -0.1) is 23.1 Å². The van der Waals surface area contributed by atoms with Crippen LogP contribution in [0.3, 0.4) is 0 Å². The number of carbonyl (C=O) groups is 1. The van der Waals surface area contributed by atoms with E-state index in [2.05, 4.69) is 12.1 Å². The summed E-state index contributed by atoms with van der Waals surface area (Å²) in [7, 11) is 0. The Morgan fingerprint density at radius 2 is 2.04 bits per heavy atom. The van der Waals surface area contributed by atoms with Crippen LogP contribution in [-0.2, 0) is 17.9 Å². The molecule has 2 heterocycles. The molecule has 0 fully saturated rings. The molecule has 0 unspecified atom stereocenters. The van der Waals surface area contributed by atoms with Gasteiger partial charge >= 0.3 is 0 Å². The molecule has 0 radical (unpaired) electrons. The third-order valence-corrected chi connectivity index (χ3v) is 5.33. The normalized spacial score (nSPS) is 11.1. The molecule has 0 saturated carbocycles. The average Bonchev–Trinajstić information content (AvgIpc) is 3.33. The van der Waals surface area contributed by atoms with E-state index in [0.717, 1.165) is 16.0 Å². The summed E-state index contributed by atoms with van der Waals surface area (Å²) in [5, 5.41) is 2.03. The van der Waals surface area contributed by atoms with Crippen molar-refractivity contribution in [3.63, 3.8) is 0 Å². The number of furan rings is 1. The lowest BCUT2D eigenvalue weighted by molar-refractivity contribution is -0.127. The smallest absolute Gasteiger partial charge is 0.247 e. The number of hydrogen-bond acceptors (Lipinski definition) is 4. The van der Waals surface area contributed by atoms with Crippen molar-refractivity contribution in [3.05, 3.63) is 82.5 Å². The second-order valence-corrected chi connectivity index (χ2v) is 7.42. The highest BCUT2D eigenvalue weighted by Gasteiger charge is 2.13. The first-order valence-corrected chi connectivity index (χ1v) is 9.99. The first-order valence-electron chi connectivity index (χ1n) is 7.89. The Bertz CT molecular complexity index is 770. The molecule has 3 nitrogen and oxygen atoms in total. The molecule has 3 rings (SSSR count). The van der Waals surface area contributed by atoms with Crippen molar-refractivity contribution in [1.29, 1.82) is 0 Å². The average molecular weight is 370 g/mol. The predicted octanol–water partition coefficient (Wildman–Crippen LogP) is 5.31. The van der Waals surface area contributed by atoms with Crippen LogP contribution in [0.5, 0.6) is 0 Å². The summed E-state index contributed by atoms with van der Waals surface area (Å²) in [5.74, 6) is -0.0106. The van der Waals surface area contributed by atoms with Crippen molar-refractivity contribution in [3.8, 4) is 0 Å². The van der Waals surface area contributed by atoms with E-state index in [9.17, 15) is 4.79 Å². The maximum Gasteiger partial charge on any atom is 0.247 e. The first kappa shape index (κ1) is 17.6. The van der Waals surface area contributed by atoms with E-state index in [1.807, 2.05) is 52.9 Å². The minimum absolute atomic E-state index is 0.0106. The van der Waals surface area contributed by atoms with Crippen LogP contribution in [-0.4, -0.2) is 17.1 Å². The highest BCUT2D eigenvalue weighted by atomic mass is 32.2. The van der Waals surface area contributed by atoms with Gasteiger partial charge in [0, 0.05) is 28.0 Å². The highest BCUT2D eigenvalue weighted by Crippen LogP contribution is 2.17. The van der Waals surface area contributed by atoms with Crippen molar-refractivity contribution in [2.75, 3.05) is 6.26 Å². The summed E-state index contributed by atoms with van der Waals surface area (Å²) < 4.78 is 5.13. The van der Waals surface area contributed by atoms with Crippen LogP contribution in [0.1, 0.15) is 16.0 Å². The van der Waals surface area contributed by atoms with E-state index in [-0.39, 0.29) is 5.91 Å². The Morgan fingerprint density at radius 1 is 1.20 bits per heavy atom. The Morgan fingerprint density at radius 3 is 2.68 bits per heavy atom. The lowest BCUT2D eigenvalue weighted by Gasteiger charge is -2.19. The minimum Gasteiger partial charge on any atom is -0.472 e. The van der Waals surface area contributed by atoms with E-state index >= 15 is 0 Å². The van der Waals surface area contributed by atoms with Gasteiger partial charge in [0.1, 0.15) is 0 Å². The third kappa shape index (κ3) is 5.11. The quantitative estimate of drug-likeness (QED) is 0.418. The molecule has 0 aliphatic heterocycles. The molecule has 2 aromatic heterocycles. The summed E-state index contributed by atoms with van der Waals surface area (Å²) >= 11 is 3.36. The SMILES string of the molecule is CSc1ccc(C=CC(=O)N(Cc2ccoc2)Cc2cccs2)cc1. The van der Waals surface area contributed by atoms with E-state index in [1.54, 1.807) is 41.7 Å². The van der Waals surface area contributed by atoms with Crippen LogP contribution >= 0.6 is 23.1 Å².